The smallest absolute Gasteiger partial charge is 0.292 e. The van der Waals surface area contributed by atoms with Crippen LogP contribution in [0.2, 0.25) is 5.02 Å². The quantitative estimate of drug-likeness (QED) is 0.219. The van der Waals surface area contributed by atoms with Crippen molar-refractivity contribution in [2.24, 2.45) is 0 Å². The predicted octanol–water partition coefficient (Wildman–Crippen LogP) is 5.82. The van der Waals surface area contributed by atoms with Gasteiger partial charge < -0.3 is 14.5 Å². The number of amides is 1. The van der Waals surface area contributed by atoms with Crippen LogP contribution in [0.1, 0.15) is 21.9 Å². The number of nitrogens with zero attached hydrogens (tertiary/aromatic N) is 3. The first-order valence-electron chi connectivity index (χ1n) is 9.73. The molecule has 0 aliphatic heterocycles. The molecule has 174 valence electrons. The highest BCUT2D eigenvalue weighted by molar-refractivity contribution is 9.10. The minimum atomic E-state index is -0.545. The second kappa shape index (κ2) is 10.1. The van der Waals surface area contributed by atoms with E-state index in [1.165, 1.54) is 47.1 Å². The van der Waals surface area contributed by atoms with Gasteiger partial charge in [-0.2, -0.15) is 5.10 Å². The first-order chi connectivity index (χ1) is 16.3. The number of carbonyl (C=O) groups excluding carboxylic acids is 1. The number of rotatable bonds is 8. The van der Waals surface area contributed by atoms with Crippen LogP contribution < -0.4 is 10.1 Å². The summed E-state index contributed by atoms with van der Waals surface area (Å²) in [5, 5.41) is 17.9. The van der Waals surface area contributed by atoms with Gasteiger partial charge in [0, 0.05) is 28.9 Å². The Bertz CT molecular complexity index is 1340. The lowest BCUT2D eigenvalue weighted by Gasteiger charge is -2.06. The van der Waals surface area contributed by atoms with Crippen molar-refractivity contribution in [1.82, 2.24) is 9.78 Å². The highest BCUT2D eigenvalue weighted by Gasteiger charge is 2.17. The summed E-state index contributed by atoms with van der Waals surface area (Å²) >= 11 is 9.39. The van der Waals surface area contributed by atoms with Gasteiger partial charge in [0.05, 0.1) is 15.9 Å². The molecule has 2 heterocycles. The van der Waals surface area contributed by atoms with Gasteiger partial charge in [0.25, 0.3) is 11.6 Å². The number of ether oxygens (including phenoxy) is 1. The summed E-state index contributed by atoms with van der Waals surface area (Å²) < 4.78 is 27.0. The van der Waals surface area contributed by atoms with Crippen molar-refractivity contribution in [2.45, 2.75) is 13.2 Å². The van der Waals surface area contributed by atoms with E-state index in [0.29, 0.717) is 16.0 Å². The zero-order valence-corrected chi connectivity index (χ0v) is 19.5. The number of anilines is 1. The number of halogens is 3. The molecule has 0 bridgehead atoms. The number of non-ortho nitro benzene ring substituents is 1. The van der Waals surface area contributed by atoms with Crippen molar-refractivity contribution in [1.29, 1.82) is 0 Å². The number of hydrogen-bond donors (Lipinski definition) is 1. The van der Waals surface area contributed by atoms with Crippen molar-refractivity contribution >= 4 is 44.9 Å². The van der Waals surface area contributed by atoms with Crippen molar-refractivity contribution in [3.8, 4) is 5.75 Å². The van der Waals surface area contributed by atoms with Crippen LogP contribution in [0, 0.1) is 15.9 Å². The molecule has 0 saturated carbocycles. The van der Waals surface area contributed by atoms with E-state index in [9.17, 15) is 19.3 Å². The van der Waals surface area contributed by atoms with Gasteiger partial charge in [-0.25, -0.2) is 4.39 Å². The molecule has 0 radical (unpaired) electrons. The summed E-state index contributed by atoms with van der Waals surface area (Å²) in [6.45, 7) is 0.0949. The third-order valence-corrected chi connectivity index (χ3v) is 5.58. The highest BCUT2D eigenvalue weighted by Crippen LogP contribution is 2.25. The first-order valence-corrected chi connectivity index (χ1v) is 10.9. The van der Waals surface area contributed by atoms with Crippen LogP contribution in [-0.2, 0) is 13.2 Å². The zero-order valence-electron chi connectivity index (χ0n) is 17.2. The monoisotopic (exact) mass is 548 g/mol. The van der Waals surface area contributed by atoms with E-state index in [2.05, 4.69) is 26.3 Å². The molecule has 0 fully saturated rings. The summed E-state index contributed by atoms with van der Waals surface area (Å²) in [4.78, 5) is 22.8. The molecule has 1 N–H and O–H groups in total. The number of hydrogen-bond acceptors (Lipinski definition) is 6. The molecule has 2 aromatic carbocycles. The lowest BCUT2D eigenvalue weighted by Crippen LogP contribution is -2.12. The van der Waals surface area contributed by atoms with Gasteiger partial charge in [0.15, 0.2) is 11.6 Å². The van der Waals surface area contributed by atoms with Gasteiger partial charge >= 0.3 is 0 Å². The van der Waals surface area contributed by atoms with Gasteiger partial charge in [-0.05, 0) is 52.3 Å². The Hall–Kier alpha value is -3.70. The van der Waals surface area contributed by atoms with Crippen LogP contribution in [0.15, 0.2) is 69.7 Å². The molecule has 34 heavy (non-hydrogen) atoms. The number of nitro benzene ring substituents is 1. The fourth-order valence-electron chi connectivity index (χ4n) is 2.97. The largest absolute Gasteiger partial charge is 0.486 e. The maximum Gasteiger partial charge on any atom is 0.292 e. The van der Waals surface area contributed by atoms with E-state index >= 15 is 0 Å². The van der Waals surface area contributed by atoms with E-state index in [1.54, 1.807) is 18.3 Å². The fraction of sp³-hybridized carbons (Fsp3) is 0.0909. The number of furan rings is 1. The Morgan fingerprint density at radius 3 is 2.71 bits per heavy atom. The van der Waals surface area contributed by atoms with E-state index < -0.39 is 16.6 Å². The third-order valence-electron chi connectivity index (χ3n) is 4.64. The number of aromatic nitrogens is 2. The van der Waals surface area contributed by atoms with E-state index in [-0.39, 0.29) is 41.0 Å². The molecule has 2 aromatic heterocycles. The molecule has 1 amide bonds. The Kier molecular flexibility index (Phi) is 6.94. The van der Waals surface area contributed by atoms with Gasteiger partial charge in [0.2, 0.25) is 0 Å². The minimum absolute atomic E-state index is 0.0206. The Balaban J connectivity index is 1.37. The first kappa shape index (κ1) is 23.5. The number of nitro groups is 1. The van der Waals surface area contributed by atoms with Gasteiger partial charge in [-0.15, -0.1) is 0 Å². The molecule has 0 saturated heterocycles. The predicted molar refractivity (Wildman–Crippen MR) is 125 cm³/mol. The summed E-state index contributed by atoms with van der Waals surface area (Å²) in [6.07, 6.45) is 1.59. The maximum absolute atomic E-state index is 14.0. The van der Waals surface area contributed by atoms with E-state index in [1.807, 2.05) is 0 Å². The molecular weight excluding hydrogens is 535 g/mol. The van der Waals surface area contributed by atoms with Crippen molar-refractivity contribution in [3.63, 3.8) is 0 Å². The topological polar surface area (TPSA) is 112 Å². The number of nitrogens with one attached hydrogen (secondary N) is 1. The summed E-state index contributed by atoms with van der Waals surface area (Å²) in [5.41, 5.74) is 0.232. The number of carbonyl (C=O) groups is 1. The average Bonchev–Trinajstić information content (AvgIpc) is 3.42. The van der Waals surface area contributed by atoms with Crippen LogP contribution in [0.4, 0.5) is 15.9 Å². The molecule has 4 aromatic rings. The maximum atomic E-state index is 14.0. The molecule has 0 aliphatic rings. The average molecular weight is 550 g/mol. The molecular formula is C22H15BrClFN4O5. The molecule has 0 unspecified atom stereocenters. The zero-order chi connectivity index (χ0) is 24.2. The fourth-order valence-corrected chi connectivity index (χ4v) is 3.61. The van der Waals surface area contributed by atoms with Crippen LogP contribution in [0.25, 0.3) is 0 Å². The van der Waals surface area contributed by atoms with Crippen LogP contribution in [0.3, 0.4) is 0 Å². The standard InChI is InChI=1S/C22H15BrClFN4O5/c23-17-11-28(10-16-18(24)2-1-3-19(16)25)27-21(17)26-22(30)20-9-8-15(34-20)12-33-14-6-4-13(5-7-14)29(31)32/h1-9,11H,10,12H2,(H,26,27,30). The molecule has 0 aliphatic carbocycles. The van der Waals surface area contributed by atoms with Crippen LogP contribution in [-0.4, -0.2) is 20.6 Å². The van der Waals surface area contributed by atoms with Gasteiger partial charge in [-0.3, -0.25) is 19.6 Å². The van der Waals surface area contributed by atoms with Crippen molar-refractivity contribution in [3.05, 3.63) is 103 Å². The Labute approximate surface area is 205 Å². The van der Waals surface area contributed by atoms with Gasteiger partial charge in [0.1, 0.15) is 23.9 Å². The lowest BCUT2D eigenvalue weighted by atomic mass is 10.2. The lowest BCUT2D eigenvalue weighted by molar-refractivity contribution is -0.384. The van der Waals surface area contributed by atoms with E-state index in [0.717, 1.165) is 0 Å². The second-order valence-corrected chi connectivity index (χ2v) is 8.24. The molecule has 9 nitrogen and oxygen atoms in total. The Morgan fingerprint density at radius 2 is 2.00 bits per heavy atom. The summed E-state index contributed by atoms with van der Waals surface area (Å²) in [5.74, 6) is 0.0402. The van der Waals surface area contributed by atoms with Crippen molar-refractivity contribution in [2.75, 3.05) is 5.32 Å². The van der Waals surface area contributed by atoms with Crippen molar-refractivity contribution < 1.29 is 23.3 Å². The molecule has 4 rings (SSSR count). The number of benzene rings is 2. The summed E-state index contributed by atoms with van der Waals surface area (Å²) in [7, 11) is 0. The summed E-state index contributed by atoms with van der Waals surface area (Å²) in [6, 6.07) is 13.1. The molecule has 12 heteroatoms. The third kappa shape index (κ3) is 5.43. The van der Waals surface area contributed by atoms with E-state index in [4.69, 9.17) is 20.8 Å². The van der Waals surface area contributed by atoms with Crippen LogP contribution >= 0.6 is 27.5 Å². The molecule has 0 atom stereocenters. The Morgan fingerprint density at radius 1 is 1.24 bits per heavy atom. The SMILES string of the molecule is O=C(Nc1nn(Cc2c(F)cccc2Cl)cc1Br)c1ccc(COc2ccc([N+](=O)[O-])cc2)o1. The van der Waals surface area contributed by atoms with Gasteiger partial charge in [-0.1, -0.05) is 17.7 Å². The van der Waals surface area contributed by atoms with Crippen LogP contribution in [0.5, 0.6) is 5.75 Å². The highest BCUT2D eigenvalue weighted by atomic mass is 79.9. The minimum Gasteiger partial charge on any atom is -0.486 e. The molecule has 0 spiro atoms. The second-order valence-electron chi connectivity index (χ2n) is 6.98. The normalized spacial score (nSPS) is 10.8.